The molecule has 5 heteroatoms. The van der Waals surface area contributed by atoms with Gasteiger partial charge in [0.25, 0.3) is 0 Å². The predicted molar refractivity (Wildman–Crippen MR) is 88.7 cm³/mol. The Kier molecular flexibility index (Phi) is 6.19. The maximum absolute atomic E-state index is 13.7. The van der Waals surface area contributed by atoms with E-state index in [-0.39, 0.29) is 5.56 Å². The molecule has 1 aliphatic carbocycles. The molecule has 1 aliphatic heterocycles. The van der Waals surface area contributed by atoms with Crippen LogP contribution in [0.2, 0.25) is 0 Å². The molecule has 134 valence electrons. The fourth-order valence-corrected chi connectivity index (χ4v) is 3.82. The Morgan fingerprint density at radius 3 is 2.38 bits per heavy atom. The van der Waals surface area contributed by atoms with Crippen molar-refractivity contribution in [1.29, 1.82) is 0 Å². The third-order valence-corrected chi connectivity index (χ3v) is 5.22. The SMILES string of the molecule is OC(CN1CCC(OC2CCCCC2)CC1)c1ccc(F)cc1F. The van der Waals surface area contributed by atoms with Crippen molar-refractivity contribution in [2.75, 3.05) is 19.6 Å². The first kappa shape index (κ1) is 17.8. The van der Waals surface area contributed by atoms with Crippen molar-refractivity contribution in [3.8, 4) is 0 Å². The molecule has 3 rings (SSSR count). The van der Waals surface area contributed by atoms with E-state index in [9.17, 15) is 13.9 Å². The molecule has 1 saturated heterocycles. The molecule has 2 fully saturated rings. The van der Waals surface area contributed by atoms with Crippen LogP contribution in [0.3, 0.4) is 0 Å². The summed E-state index contributed by atoms with van der Waals surface area (Å²) in [4.78, 5) is 2.13. The minimum absolute atomic E-state index is 0.164. The van der Waals surface area contributed by atoms with Crippen LogP contribution in [0.1, 0.15) is 56.6 Å². The highest BCUT2D eigenvalue weighted by molar-refractivity contribution is 5.21. The third kappa shape index (κ3) is 4.74. The average molecular weight is 339 g/mol. The molecule has 0 spiro atoms. The zero-order valence-electron chi connectivity index (χ0n) is 14.1. The van der Waals surface area contributed by atoms with E-state index in [0.717, 1.165) is 32.0 Å². The van der Waals surface area contributed by atoms with Gasteiger partial charge >= 0.3 is 0 Å². The fourth-order valence-electron chi connectivity index (χ4n) is 3.82. The summed E-state index contributed by atoms with van der Waals surface area (Å²) in [5, 5.41) is 10.2. The summed E-state index contributed by atoms with van der Waals surface area (Å²) in [7, 11) is 0. The molecule has 1 aromatic rings. The standard InChI is InChI=1S/C19H27F2NO2/c20-14-6-7-17(18(21)12-14)19(23)13-22-10-8-16(9-11-22)24-15-4-2-1-3-5-15/h6-7,12,15-16,19,23H,1-5,8-11,13H2. The Balaban J connectivity index is 1.44. The monoisotopic (exact) mass is 339 g/mol. The van der Waals surface area contributed by atoms with Crippen LogP contribution in [0, 0.1) is 11.6 Å². The maximum Gasteiger partial charge on any atom is 0.131 e. The van der Waals surface area contributed by atoms with Gasteiger partial charge in [-0.05, 0) is 31.7 Å². The fraction of sp³-hybridized carbons (Fsp3) is 0.684. The molecule has 2 aliphatic rings. The molecule has 1 aromatic carbocycles. The number of halogens is 2. The number of ether oxygens (including phenoxy) is 1. The molecule has 3 nitrogen and oxygen atoms in total. The quantitative estimate of drug-likeness (QED) is 0.885. The van der Waals surface area contributed by atoms with Crippen molar-refractivity contribution in [3.05, 3.63) is 35.4 Å². The number of hydrogen-bond donors (Lipinski definition) is 1. The number of hydrogen-bond acceptors (Lipinski definition) is 3. The Bertz CT molecular complexity index is 526. The topological polar surface area (TPSA) is 32.7 Å². The molecule has 0 bridgehead atoms. The number of benzene rings is 1. The number of rotatable bonds is 5. The van der Waals surface area contributed by atoms with Crippen LogP contribution in [0.5, 0.6) is 0 Å². The van der Waals surface area contributed by atoms with Crippen molar-refractivity contribution >= 4 is 0 Å². The van der Waals surface area contributed by atoms with Crippen LogP contribution in [0.25, 0.3) is 0 Å². The van der Waals surface area contributed by atoms with E-state index in [4.69, 9.17) is 4.74 Å². The van der Waals surface area contributed by atoms with Crippen LogP contribution >= 0.6 is 0 Å². The van der Waals surface area contributed by atoms with Gasteiger partial charge in [-0.3, -0.25) is 0 Å². The molecule has 0 radical (unpaired) electrons. The summed E-state index contributed by atoms with van der Waals surface area (Å²) in [5.74, 6) is -1.30. The smallest absolute Gasteiger partial charge is 0.131 e. The van der Waals surface area contributed by atoms with E-state index in [1.54, 1.807) is 0 Å². The van der Waals surface area contributed by atoms with Crippen molar-refractivity contribution in [3.63, 3.8) is 0 Å². The second-order valence-electron chi connectivity index (χ2n) is 7.08. The van der Waals surface area contributed by atoms with Gasteiger partial charge in [0.05, 0.1) is 18.3 Å². The van der Waals surface area contributed by atoms with Gasteiger partial charge in [0.15, 0.2) is 0 Å². The Hall–Kier alpha value is -1.04. The van der Waals surface area contributed by atoms with E-state index >= 15 is 0 Å². The van der Waals surface area contributed by atoms with E-state index in [1.807, 2.05) is 0 Å². The lowest BCUT2D eigenvalue weighted by Crippen LogP contribution is -2.40. The normalized spacial score (nSPS) is 22.6. The predicted octanol–water partition coefficient (Wildman–Crippen LogP) is 3.81. The van der Waals surface area contributed by atoms with Gasteiger partial charge in [-0.2, -0.15) is 0 Å². The van der Waals surface area contributed by atoms with Crippen LogP contribution in [0.15, 0.2) is 18.2 Å². The van der Waals surface area contributed by atoms with Crippen molar-refractivity contribution < 1.29 is 18.6 Å². The molecular weight excluding hydrogens is 312 g/mol. The minimum atomic E-state index is -0.929. The highest BCUT2D eigenvalue weighted by Gasteiger charge is 2.25. The number of piperidine rings is 1. The first-order valence-corrected chi connectivity index (χ1v) is 9.12. The molecule has 24 heavy (non-hydrogen) atoms. The zero-order valence-corrected chi connectivity index (χ0v) is 14.1. The second-order valence-corrected chi connectivity index (χ2v) is 7.08. The molecule has 1 heterocycles. The molecule has 1 saturated carbocycles. The summed E-state index contributed by atoms with van der Waals surface area (Å²) in [6.07, 6.45) is 7.96. The van der Waals surface area contributed by atoms with Crippen LogP contribution in [-0.2, 0) is 4.74 Å². The molecule has 0 aromatic heterocycles. The summed E-state index contributed by atoms with van der Waals surface area (Å²) in [5.41, 5.74) is 0.164. The molecule has 1 atom stereocenters. The lowest BCUT2D eigenvalue weighted by molar-refractivity contribution is -0.0592. The van der Waals surface area contributed by atoms with E-state index in [0.29, 0.717) is 18.8 Å². The largest absolute Gasteiger partial charge is 0.387 e. The van der Waals surface area contributed by atoms with Gasteiger partial charge in [-0.25, -0.2) is 8.78 Å². The maximum atomic E-state index is 13.7. The first-order chi connectivity index (χ1) is 11.6. The van der Waals surface area contributed by atoms with Gasteiger partial charge < -0.3 is 14.7 Å². The number of nitrogens with zero attached hydrogens (tertiary/aromatic N) is 1. The van der Waals surface area contributed by atoms with Crippen LogP contribution < -0.4 is 0 Å². The highest BCUT2D eigenvalue weighted by Crippen LogP contribution is 2.26. The Morgan fingerprint density at radius 2 is 1.71 bits per heavy atom. The molecular formula is C19H27F2NO2. The number of likely N-dealkylation sites (tertiary alicyclic amines) is 1. The van der Waals surface area contributed by atoms with Gasteiger partial charge in [0, 0.05) is 31.3 Å². The van der Waals surface area contributed by atoms with Gasteiger partial charge in [-0.15, -0.1) is 0 Å². The van der Waals surface area contributed by atoms with E-state index in [2.05, 4.69) is 4.90 Å². The molecule has 0 amide bonds. The van der Waals surface area contributed by atoms with E-state index < -0.39 is 17.7 Å². The third-order valence-electron chi connectivity index (χ3n) is 5.22. The Morgan fingerprint density at radius 1 is 1.04 bits per heavy atom. The van der Waals surface area contributed by atoms with Crippen LogP contribution in [-0.4, -0.2) is 41.8 Å². The van der Waals surface area contributed by atoms with Crippen molar-refractivity contribution in [2.24, 2.45) is 0 Å². The van der Waals surface area contributed by atoms with Gasteiger partial charge in [-0.1, -0.05) is 25.3 Å². The van der Waals surface area contributed by atoms with Crippen molar-refractivity contribution in [1.82, 2.24) is 4.90 Å². The van der Waals surface area contributed by atoms with Crippen molar-refractivity contribution in [2.45, 2.75) is 63.3 Å². The number of aliphatic hydroxyl groups excluding tert-OH is 1. The average Bonchev–Trinajstić information content (AvgIpc) is 2.57. The minimum Gasteiger partial charge on any atom is -0.387 e. The lowest BCUT2D eigenvalue weighted by atomic mass is 9.97. The van der Waals surface area contributed by atoms with Crippen LogP contribution in [0.4, 0.5) is 8.78 Å². The summed E-state index contributed by atoms with van der Waals surface area (Å²) < 4.78 is 32.9. The number of β-amino-alcohol motifs (C(OH)–C–C–N with tert-alkyl or cyclic N) is 1. The summed E-state index contributed by atoms with van der Waals surface area (Å²) >= 11 is 0. The Labute approximate surface area is 142 Å². The zero-order chi connectivity index (χ0) is 16.9. The highest BCUT2D eigenvalue weighted by atomic mass is 19.1. The second kappa shape index (κ2) is 8.37. The lowest BCUT2D eigenvalue weighted by Gasteiger charge is -2.35. The van der Waals surface area contributed by atoms with Gasteiger partial charge in [0.1, 0.15) is 11.6 Å². The molecule has 1 N–H and O–H groups in total. The number of aliphatic hydroxyl groups is 1. The van der Waals surface area contributed by atoms with E-state index in [1.165, 1.54) is 44.2 Å². The summed E-state index contributed by atoms with van der Waals surface area (Å²) in [6, 6.07) is 3.34. The first-order valence-electron chi connectivity index (χ1n) is 9.12. The summed E-state index contributed by atoms with van der Waals surface area (Å²) in [6.45, 7) is 2.06. The van der Waals surface area contributed by atoms with Gasteiger partial charge in [0.2, 0.25) is 0 Å². The molecule has 1 unspecified atom stereocenters.